The van der Waals surface area contributed by atoms with E-state index in [0.717, 1.165) is 5.56 Å². The third-order valence-corrected chi connectivity index (χ3v) is 5.53. The third kappa shape index (κ3) is 5.14. The van der Waals surface area contributed by atoms with E-state index in [1.165, 1.54) is 0 Å². The predicted octanol–water partition coefficient (Wildman–Crippen LogP) is 1.95. The quantitative estimate of drug-likeness (QED) is 0.752. The van der Waals surface area contributed by atoms with E-state index in [1.807, 2.05) is 30.3 Å². The summed E-state index contributed by atoms with van der Waals surface area (Å²) in [5, 5.41) is 2.79. The number of hydrogen-bond donors (Lipinski definition) is 1. The molecule has 3 amide bonds. The highest BCUT2D eigenvalue weighted by Crippen LogP contribution is 2.24. The second kappa shape index (κ2) is 8.93. The van der Waals surface area contributed by atoms with E-state index in [9.17, 15) is 14.4 Å². The van der Waals surface area contributed by atoms with E-state index in [-0.39, 0.29) is 30.2 Å². The number of piperidine rings is 1. The Kier molecular flexibility index (Phi) is 6.60. The summed E-state index contributed by atoms with van der Waals surface area (Å²) in [6.45, 7) is 2.11. The summed E-state index contributed by atoms with van der Waals surface area (Å²) in [6, 6.07) is 9.76. The van der Waals surface area contributed by atoms with Gasteiger partial charge in [-0.3, -0.25) is 14.4 Å². The molecule has 0 radical (unpaired) electrons. The first-order valence-electron chi connectivity index (χ1n) is 9.13. The van der Waals surface area contributed by atoms with E-state index < -0.39 is 10.7 Å². The Balaban J connectivity index is 1.49. The molecule has 0 aromatic heterocycles. The number of rotatable bonds is 5. The lowest BCUT2D eigenvalue weighted by molar-refractivity contribution is -0.137. The number of amides is 3. The SMILES string of the molecule is O=C(NC1CCN(C(=O)C2CC(=O)N(Cc3ccccc3)C2)CC1)C(Cl)Cl. The van der Waals surface area contributed by atoms with Gasteiger partial charge in [0.05, 0.1) is 5.92 Å². The fraction of sp³-hybridized carbons (Fsp3) is 0.526. The van der Waals surface area contributed by atoms with Crippen LogP contribution >= 0.6 is 23.2 Å². The molecule has 8 heteroatoms. The van der Waals surface area contributed by atoms with Crippen LogP contribution in [0.5, 0.6) is 0 Å². The van der Waals surface area contributed by atoms with Crippen molar-refractivity contribution in [2.24, 2.45) is 5.92 Å². The van der Waals surface area contributed by atoms with E-state index in [2.05, 4.69) is 5.32 Å². The van der Waals surface area contributed by atoms with E-state index in [1.54, 1.807) is 9.80 Å². The average Bonchev–Trinajstić information content (AvgIpc) is 3.03. The van der Waals surface area contributed by atoms with Crippen LogP contribution in [-0.4, -0.2) is 58.0 Å². The number of alkyl halides is 2. The van der Waals surface area contributed by atoms with Gasteiger partial charge in [-0.25, -0.2) is 0 Å². The smallest absolute Gasteiger partial charge is 0.253 e. The number of carbonyl (C=O) groups excluding carboxylic acids is 3. The molecule has 0 bridgehead atoms. The summed E-state index contributed by atoms with van der Waals surface area (Å²) in [4.78, 5) is 39.1. The number of halogens is 2. The molecule has 146 valence electrons. The lowest BCUT2D eigenvalue weighted by atomic mass is 10.0. The number of likely N-dealkylation sites (tertiary alicyclic amines) is 2. The summed E-state index contributed by atoms with van der Waals surface area (Å²) in [7, 11) is 0. The van der Waals surface area contributed by atoms with Crippen LogP contribution in [0.3, 0.4) is 0 Å². The number of hydrogen-bond acceptors (Lipinski definition) is 3. The topological polar surface area (TPSA) is 69.7 Å². The van der Waals surface area contributed by atoms with E-state index >= 15 is 0 Å². The van der Waals surface area contributed by atoms with Gasteiger partial charge in [0.25, 0.3) is 5.91 Å². The minimum Gasteiger partial charge on any atom is -0.351 e. The fourth-order valence-electron chi connectivity index (χ4n) is 3.66. The first-order valence-corrected chi connectivity index (χ1v) is 10.0. The second-order valence-corrected chi connectivity index (χ2v) is 8.17. The molecule has 2 fully saturated rings. The Morgan fingerprint density at radius 1 is 1.15 bits per heavy atom. The zero-order chi connectivity index (χ0) is 19.4. The van der Waals surface area contributed by atoms with Crippen LogP contribution in [0.2, 0.25) is 0 Å². The first kappa shape index (κ1) is 20.0. The van der Waals surface area contributed by atoms with Gasteiger partial charge in [-0.15, -0.1) is 0 Å². The summed E-state index contributed by atoms with van der Waals surface area (Å²) in [5.41, 5.74) is 1.06. The van der Waals surface area contributed by atoms with Gasteiger partial charge in [0.1, 0.15) is 0 Å². The standard InChI is InChI=1S/C19H23Cl2N3O3/c20-17(21)18(26)22-15-6-8-23(9-7-15)19(27)14-10-16(25)24(12-14)11-13-4-2-1-3-5-13/h1-5,14-15,17H,6-12H2,(H,22,26). The molecule has 2 aliphatic rings. The van der Waals surface area contributed by atoms with Gasteiger partial charge in [-0.2, -0.15) is 0 Å². The fourth-order valence-corrected chi connectivity index (χ4v) is 3.79. The highest BCUT2D eigenvalue weighted by Gasteiger charge is 2.37. The van der Waals surface area contributed by atoms with Crippen molar-refractivity contribution in [3.05, 3.63) is 35.9 Å². The average molecular weight is 412 g/mol. The number of carbonyl (C=O) groups is 3. The highest BCUT2D eigenvalue weighted by molar-refractivity contribution is 6.53. The van der Waals surface area contributed by atoms with Crippen LogP contribution in [0.25, 0.3) is 0 Å². The van der Waals surface area contributed by atoms with Crippen LogP contribution in [0.1, 0.15) is 24.8 Å². The maximum Gasteiger partial charge on any atom is 0.253 e. The molecule has 2 aliphatic heterocycles. The summed E-state index contributed by atoms with van der Waals surface area (Å²) in [6.07, 6.45) is 1.58. The lowest BCUT2D eigenvalue weighted by Crippen LogP contribution is -2.49. The number of nitrogens with one attached hydrogen (secondary N) is 1. The molecule has 0 aliphatic carbocycles. The Bertz CT molecular complexity index is 691. The van der Waals surface area contributed by atoms with Crippen molar-refractivity contribution >= 4 is 40.9 Å². The monoisotopic (exact) mass is 411 g/mol. The van der Waals surface area contributed by atoms with Gasteiger partial charge in [0.2, 0.25) is 11.8 Å². The molecular weight excluding hydrogens is 389 g/mol. The van der Waals surface area contributed by atoms with E-state index in [4.69, 9.17) is 23.2 Å². The van der Waals surface area contributed by atoms with Gasteiger partial charge < -0.3 is 15.1 Å². The Labute approximate surface area is 168 Å². The van der Waals surface area contributed by atoms with Gasteiger partial charge in [-0.1, -0.05) is 53.5 Å². The Morgan fingerprint density at radius 2 is 1.81 bits per heavy atom. The van der Waals surface area contributed by atoms with Crippen molar-refractivity contribution in [2.45, 2.75) is 36.7 Å². The molecule has 1 unspecified atom stereocenters. The zero-order valence-corrected chi connectivity index (χ0v) is 16.5. The van der Waals surface area contributed by atoms with Gasteiger partial charge in [0, 0.05) is 38.6 Å². The molecular formula is C19H23Cl2N3O3. The van der Waals surface area contributed by atoms with Gasteiger partial charge in [0.15, 0.2) is 4.84 Å². The van der Waals surface area contributed by atoms with Crippen LogP contribution in [0.4, 0.5) is 0 Å². The highest BCUT2D eigenvalue weighted by atomic mass is 35.5. The molecule has 6 nitrogen and oxygen atoms in total. The maximum absolute atomic E-state index is 12.8. The zero-order valence-electron chi connectivity index (χ0n) is 14.9. The van der Waals surface area contributed by atoms with Crippen LogP contribution in [0.15, 0.2) is 30.3 Å². The first-order chi connectivity index (χ1) is 12.9. The molecule has 3 rings (SSSR count). The molecule has 27 heavy (non-hydrogen) atoms. The summed E-state index contributed by atoms with van der Waals surface area (Å²) in [5.74, 6) is -0.644. The molecule has 1 atom stereocenters. The van der Waals surface area contributed by atoms with Crippen molar-refractivity contribution in [2.75, 3.05) is 19.6 Å². The molecule has 2 heterocycles. The van der Waals surface area contributed by atoms with E-state index in [0.29, 0.717) is 39.0 Å². The molecule has 1 N–H and O–H groups in total. The Hall–Kier alpha value is -1.79. The number of nitrogens with zero attached hydrogens (tertiary/aromatic N) is 2. The van der Waals surface area contributed by atoms with Gasteiger partial charge >= 0.3 is 0 Å². The molecule has 1 aromatic rings. The minimum absolute atomic E-state index is 0.0228. The van der Waals surface area contributed by atoms with Crippen molar-refractivity contribution < 1.29 is 14.4 Å². The number of benzene rings is 1. The van der Waals surface area contributed by atoms with Crippen molar-refractivity contribution in [3.8, 4) is 0 Å². The van der Waals surface area contributed by atoms with Crippen LogP contribution < -0.4 is 5.32 Å². The normalized spacial score (nSPS) is 21.0. The molecule has 2 saturated heterocycles. The minimum atomic E-state index is -1.08. The lowest BCUT2D eigenvalue weighted by Gasteiger charge is -2.33. The summed E-state index contributed by atoms with van der Waals surface area (Å²) < 4.78 is 0. The molecule has 1 aromatic carbocycles. The van der Waals surface area contributed by atoms with Crippen molar-refractivity contribution in [3.63, 3.8) is 0 Å². The largest absolute Gasteiger partial charge is 0.351 e. The molecule has 0 spiro atoms. The summed E-state index contributed by atoms with van der Waals surface area (Å²) >= 11 is 11.1. The van der Waals surface area contributed by atoms with Crippen molar-refractivity contribution in [1.29, 1.82) is 0 Å². The second-order valence-electron chi connectivity index (χ2n) is 7.07. The van der Waals surface area contributed by atoms with Crippen LogP contribution in [-0.2, 0) is 20.9 Å². The predicted molar refractivity (Wildman–Crippen MR) is 103 cm³/mol. The molecule has 0 saturated carbocycles. The Morgan fingerprint density at radius 3 is 2.44 bits per heavy atom. The van der Waals surface area contributed by atoms with Crippen molar-refractivity contribution in [1.82, 2.24) is 15.1 Å². The van der Waals surface area contributed by atoms with Crippen LogP contribution in [0, 0.1) is 5.92 Å². The maximum atomic E-state index is 12.8. The third-order valence-electron chi connectivity index (χ3n) is 5.13. The van der Waals surface area contributed by atoms with Gasteiger partial charge in [-0.05, 0) is 18.4 Å².